The molecule has 0 radical (unpaired) electrons. The monoisotopic (exact) mass is 316 g/mol. The Hall–Kier alpha value is -1.92. The fourth-order valence-electron chi connectivity index (χ4n) is 2.84. The minimum absolute atomic E-state index is 0.0424. The molecule has 0 unspecified atom stereocenters. The maximum atomic E-state index is 12.3. The number of morpholine rings is 1. The van der Waals surface area contributed by atoms with E-state index in [0.29, 0.717) is 18.2 Å². The fourth-order valence-corrected chi connectivity index (χ4v) is 2.84. The number of benzene rings is 1. The van der Waals surface area contributed by atoms with Gasteiger partial charge in [-0.05, 0) is 32.0 Å². The molecule has 124 valence electrons. The van der Waals surface area contributed by atoms with Gasteiger partial charge in [-0.25, -0.2) is 4.98 Å². The van der Waals surface area contributed by atoms with Crippen LogP contribution in [0.5, 0.6) is 0 Å². The van der Waals surface area contributed by atoms with Gasteiger partial charge in [0, 0.05) is 37.8 Å². The van der Waals surface area contributed by atoms with Gasteiger partial charge in [-0.2, -0.15) is 0 Å². The Kier molecular flexibility index (Phi) is 4.93. The molecule has 1 N–H and O–H groups in total. The lowest BCUT2D eigenvalue weighted by molar-refractivity contribution is 0.0383. The minimum atomic E-state index is -0.0424. The molecule has 1 aromatic heterocycles. The zero-order valence-corrected chi connectivity index (χ0v) is 13.8. The molecule has 6 heteroatoms. The number of carbonyl (C=O) groups is 1. The van der Waals surface area contributed by atoms with Crippen LogP contribution in [0.15, 0.2) is 24.5 Å². The van der Waals surface area contributed by atoms with Crippen LogP contribution in [-0.4, -0.2) is 59.8 Å². The molecular formula is C17H24N4O2. The zero-order valence-electron chi connectivity index (χ0n) is 13.8. The summed E-state index contributed by atoms with van der Waals surface area (Å²) in [6, 6.07) is 6.05. The number of amides is 1. The number of hydrogen-bond acceptors (Lipinski definition) is 4. The van der Waals surface area contributed by atoms with Crippen molar-refractivity contribution < 1.29 is 9.53 Å². The number of fused-ring (bicyclic) bond motifs is 1. The second-order valence-electron chi connectivity index (χ2n) is 6.16. The zero-order chi connectivity index (χ0) is 16.2. The van der Waals surface area contributed by atoms with Crippen molar-refractivity contribution in [1.29, 1.82) is 0 Å². The van der Waals surface area contributed by atoms with E-state index in [1.54, 1.807) is 0 Å². The second-order valence-corrected chi connectivity index (χ2v) is 6.16. The van der Waals surface area contributed by atoms with Crippen LogP contribution in [0.1, 0.15) is 30.2 Å². The summed E-state index contributed by atoms with van der Waals surface area (Å²) in [6.45, 7) is 9.19. The third kappa shape index (κ3) is 3.71. The van der Waals surface area contributed by atoms with E-state index < -0.39 is 0 Å². The molecule has 1 aliphatic heterocycles. The largest absolute Gasteiger partial charge is 0.379 e. The molecule has 0 spiro atoms. The molecule has 1 aliphatic rings. The molecule has 0 saturated carbocycles. The minimum Gasteiger partial charge on any atom is -0.379 e. The fraction of sp³-hybridized carbons (Fsp3) is 0.529. The molecule has 1 saturated heterocycles. The first kappa shape index (κ1) is 16.0. The SMILES string of the molecule is CC(C)n1cnc2cc(C(=O)NCCN3CCOCC3)ccc21. The van der Waals surface area contributed by atoms with Crippen LogP contribution in [0.4, 0.5) is 0 Å². The van der Waals surface area contributed by atoms with E-state index in [1.807, 2.05) is 24.5 Å². The van der Waals surface area contributed by atoms with Gasteiger partial charge in [0.25, 0.3) is 5.91 Å². The van der Waals surface area contributed by atoms with E-state index >= 15 is 0 Å². The Morgan fingerprint density at radius 2 is 2.13 bits per heavy atom. The van der Waals surface area contributed by atoms with Crippen molar-refractivity contribution in [3.63, 3.8) is 0 Å². The van der Waals surface area contributed by atoms with Crippen LogP contribution in [0.3, 0.4) is 0 Å². The number of hydrogen-bond donors (Lipinski definition) is 1. The highest BCUT2D eigenvalue weighted by molar-refractivity contribution is 5.97. The van der Waals surface area contributed by atoms with Crippen LogP contribution in [0.25, 0.3) is 11.0 Å². The van der Waals surface area contributed by atoms with Gasteiger partial charge in [0.2, 0.25) is 0 Å². The predicted octanol–water partition coefficient (Wildman–Crippen LogP) is 1.68. The Bertz CT molecular complexity index is 674. The Labute approximate surface area is 136 Å². The van der Waals surface area contributed by atoms with Gasteiger partial charge in [0.1, 0.15) is 0 Å². The van der Waals surface area contributed by atoms with Crippen molar-refractivity contribution >= 4 is 16.9 Å². The van der Waals surface area contributed by atoms with E-state index in [2.05, 4.69) is 33.6 Å². The summed E-state index contributed by atoms with van der Waals surface area (Å²) < 4.78 is 7.42. The highest BCUT2D eigenvalue weighted by Gasteiger charge is 2.12. The summed E-state index contributed by atoms with van der Waals surface area (Å²) in [5.41, 5.74) is 2.58. The lowest BCUT2D eigenvalue weighted by Crippen LogP contribution is -2.41. The summed E-state index contributed by atoms with van der Waals surface area (Å²) in [5, 5.41) is 2.98. The number of nitrogens with zero attached hydrogens (tertiary/aromatic N) is 3. The first-order chi connectivity index (χ1) is 11.1. The molecule has 6 nitrogen and oxygen atoms in total. The Balaban J connectivity index is 1.59. The van der Waals surface area contributed by atoms with E-state index in [1.165, 1.54) is 0 Å². The topological polar surface area (TPSA) is 59.4 Å². The average Bonchev–Trinajstić information content (AvgIpc) is 2.99. The molecule has 0 atom stereocenters. The van der Waals surface area contributed by atoms with E-state index in [0.717, 1.165) is 43.9 Å². The lowest BCUT2D eigenvalue weighted by Gasteiger charge is -2.26. The molecule has 3 rings (SSSR count). The molecule has 1 aromatic carbocycles. The standard InChI is InChI=1S/C17H24N4O2/c1-13(2)21-12-19-15-11-14(3-4-16(15)21)17(22)18-5-6-20-7-9-23-10-8-20/h3-4,11-13H,5-10H2,1-2H3,(H,18,22). The Morgan fingerprint density at radius 1 is 1.35 bits per heavy atom. The van der Waals surface area contributed by atoms with Crippen LogP contribution < -0.4 is 5.32 Å². The van der Waals surface area contributed by atoms with Gasteiger partial charge in [-0.3, -0.25) is 9.69 Å². The third-order valence-corrected chi connectivity index (χ3v) is 4.21. The molecule has 1 amide bonds. The van der Waals surface area contributed by atoms with Crippen molar-refractivity contribution in [2.75, 3.05) is 39.4 Å². The number of rotatable bonds is 5. The molecular weight excluding hydrogens is 292 g/mol. The average molecular weight is 316 g/mol. The van der Waals surface area contributed by atoms with Crippen LogP contribution >= 0.6 is 0 Å². The molecule has 0 bridgehead atoms. The van der Waals surface area contributed by atoms with Crippen LogP contribution in [0, 0.1) is 0 Å². The van der Waals surface area contributed by atoms with Gasteiger partial charge < -0.3 is 14.6 Å². The van der Waals surface area contributed by atoms with Gasteiger partial charge in [-0.15, -0.1) is 0 Å². The molecule has 2 aromatic rings. The molecule has 0 aliphatic carbocycles. The highest BCUT2D eigenvalue weighted by Crippen LogP contribution is 2.18. The number of carbonyl (C=O) groups excluding carboxylic acids is 1. The van der Waals surface area contributed by atoms with Crippen molar-refractivity contribution in [2.24, 2.45) is 0 Å². The number of aromatic nitrogens is 2. The number of imidazole rings is 1. The first-order valence-corrected chi connectivity index (χ1v) is 8.20. The summed E-state index contributed by atoms with van der Waals surface area (Å²) in [4.78, 5) is 19.0. The second kappa shape index (κ2) is 7.10. The van der Waals surface area contributed by atoms with Gasteiger partial charge in [0.05, 0.1) is 30.6 Å². The van der Waals surface area contributed by atoms with Crippen LogP contribution in [-0.2, 0) is 4.74 Å². The first-order valence-electron chi connectivity index (χ1n) is 8.20. The van der Waals surface area contributed by atoms with E-state index in [9.17, 15) is 4.79 Å². The quantitative estimate of drug-likeness (QED) is 0.912. The molecule has 2 heterocycles. The van der Waals surface area contributed by atoms with Gasteiger partial charge in [-0.1, -0.05) is 0 Å². The highest BCUT2D eigenvalue weighted by atomic mass is 16.5. The maximum absolute atomic E-state index is 12.3. The van der Waals surface area contributed by atoms with E-state index in [4.69, 9.17) is 4.74 Å². The van der Waals surface area contributed by atoms with Crippen molar-refractivity contribution in [3.8, 4) is 0 Å². The van der Waals surface area contributed by atoms with Gasteiger partial charge >= 0.3 is 0 Å². The smallest absolute Gasteiger partial charge is 0.251 e. The summed E-state index contributed by atoms with van der Waals surface area (Å²) >= 11 is 0. The third-order valence-electron chi connectivity index (χ3n) is 4.21. The van der Waals surface area contributed by atoms with E-state index in [-0.39, 0.29) is 5.91 Å². The number of ether oxygens (including phenoxy) is 1. The summed E-state index contributed by atoms with van der Waals surface area (Å²) in [6.07, 6.45) is 1.83. The Morgan fingerprint density at radius 3 is 2.87 bits per heavy atom. The predicted molar refractivity (Wildman–Crippen MR) is 89.7 cm³/mol. The molecule has 1 fully saturated rings. The maximum Gasteiger partial charge on any atom is 0.251 e. The lowest BCUT2D eigenvalue weighted by atomic mass is 10.2. The van der Waals surface area contributed by atoms with Gasteiger partial charge in [0.15, 0.2) is 0 Å². The number of nitrogens with one attached hydrogen (secondary N) is 1. The van der Waals surface area contributed by atoms with Crippen molar-refractivity contribution in [2.45, 2.75) is 19.9 Å². The summed E-state index contributed by atoms with van der Waals surface area (Å²) in [7, 11) is 0. The van der Waals surface area contributed by atoms with Crippen molar-refractivity contribution in [1.82, 2.24) is 19.8 Å². The summed E-state index contributed by atoms with van der Waals surface area (Å²) in [5.74, 6) is -0.0424. The van der Waals surface area contributed by atoms with Crippen molar-refractivity contribution in [3.05, 3.63) is 30.1 Å². The van der Waals surface area contributed by atoms with Crippen LogP contribution in [0.2, 0.25) is 0 Å². The molecule has 23 heavy (non-hydrogen) atoms. The normalized spacial score (nSPS) is 16.1.